The van der Waals surface area contributed by atoms with E-state index in [-0.39, 0.29) is 23.3 Å². The molecule has 0 spiro atoms. The molecule has 24 heavy (non-hydrogen) atoms. The molecule has 7 heteroatoms. The van der Waals surface area contributed by atoms with Crippen LogP contribution in [0.4, 0.5) is 4.79 Å². The van der Waals surface area contributed by atoms with Gasteiger partial charge in [-0.2, -0.15) is 0 Å². The maximum atomic E-state index is 12.5. The average Bonchev–Trinajstić information content (AvgIpc) is 3.15. The van der Waals surface area contributed by atoms with Crippen molar-refractivity contribution in [2.24, 2.45) is 11.3 Å². The van der Waals surface area contributed by atoms with Crippen molar-refractivity contribution < 1.29 is 9.59 Å². The Kier molecular flexibility index (Phi) is 4.78. The van der Waals surface area contributed by atoms with Crippen LogP contribution in [0, 0.1) is 11.3 Å². The Morgan fingerprint density at radius 2 is 2.17 bits per heavy atom. The molecule has 1 aromatic heterocycles. The summed E-state index contributed by atoms with van der Waals surface area (Å²) in [5.41, 5.74) is 0.185. The van der Waals surface area contributed by atoms with E-state index < -0.39 is 0 Å². The van der Waals surface area contributed by atoms with Crippen LogP contribution in [0.3, 0.4) is 0 Å². The minimum atomic E-state index is -0.0910. The molecule has 1 aromatic rings. The first-order valence-corrected chi connectivity index (χ1v) is 8.69. The Morgan fingerprint density at radius 1 is 1.38 bits per heavy atom. The van der Waals surface area contributed by atoms with Crippen molar-refractivity contribution >= 4 is 11.9 Å². The van der Waals surface area contributed by atoms with Crippen LogP contribution in [-0.4, -0.2) is 65.0 Å². The first-order chi connectivity index (χ1) is 11.5. The number of likely N-dealkylation sites (tertiary alicyclic amines) is 1. The quantitative estimate of drug-likeness (QED) is 0.879. The van der Waals surface area contributed by atoms with Gasteiger partial charge in [-0.25, -0.2) is 9.78 Å². The molecular formula is C17H27N5O2. The highest BCUT2D eigenvalue weighted by atomic mass is 16.2. The Labute approximate surface area is 143 Å². The Bertz CT molecular complexity index is 580. The minimum absolute atomic E-state index is 0.00808. The SMILES string of the molecule is CN(C)C(=O)N1CCCC(C(=O)NCC2(Cn3ccnc3)CC2)C1. The molecule has 132 valence electrons. The van der Waals surface area contributed by atoms with Crippen LogP contribution in [0.25, 0.3) is 0 Å². The molecule has 2 fully saturated rings. The van der Waals surface area contributed by atoms with Crippen LogP contribution in [-0.2, 0) is 11.3 Å². The van der Waals surface area contributed by atoms with E-state index in [4.69, 9.17) is 0 Å². The lowest BCUT2D eigenvalue weighted by molar-refractivity contribution is -0.126. The molecule has 1 aliphatic carbocycles. The number of carbonyl (C=O) groups is 2. The van der Waals surface area contributed by atoms with Crippen LogP contribution in [0.1, 0.15) is 25.7 Å². The topological polar surface area (TPSA) is 70.5 Å². The molecule has 3 amide bonds. The van der Waals surface area contributed by atoms with Gasteiger partial charge in [-0.3, -0.25) is 4.79 Å². The predicted octanol–water partition coefficient (Wildman–Crippen LogP) is 1.17. The predicted molar refractivity (Wildman–Crippen MR) is 90.3 cm³/mol. The Balaban J connectivity index is 1.49. The second-order valence-electron chi connectivity index (χ2n) is 7.41. The van der Waals surface area contributed by atoms with Crippen LogP contribution < -0.4 is 5.32 Å². The van der Waals surface area contributed by atoms with E-state index in [0.29, 0.717) is 13.1 Å². The number of piperidine rings is 1. The van der Waals surface area contributed by atoms with Gasteiger partial charge in [0.2, 0.25) is 5.91 Å². The van der Waals surface area contributed by atoms with E-state index in [0.717, 1.165) is 38.8 Å². The van der Waals surface area contributed by atoms with Crippen molar-refractivity contribution in [2.45, 2.75) is 32.2 Å². The molecule has 0 radical (unpaired) electrons. The smallest absolute Gasteiger partial charge is 0.319 e. The van der Waals surface area contributed by atoms with Gasteiger partial charge >= 0.3 is 6.03 Å². The lowest BCUT2D eigenvalue weighted by Gasteiger charge is -2.34. The van der Waals surface area contributed by atoms with E-state index in [1.165, 1.54) is 0 Å². The van der Waals surface area contributed by atoms with Gasteiger partial charge in [-0.15, -0.1) is 0 Å². The van der Waals surface area contributed by atoms with Gasteiger partial charge in [0.1, 0.15) is 0 Å². The lowest BCUT2D eigenvalue weighted by atomic mass is 9.97. The largest absolute Gasteiger partial charge is 0.355 e. The van der Waals surface area contributed by atoms with Crippen LogP contribution in [0.15, 0.2) is 18.7 Å². The summed E-state index contributed by atoms with van der Waals surface area (Å²) < 4.78 is 2.08. The van der Waals surface area contributed by atoms with Gasteiger partial charge < -0.3 is 19.7 Å². The number of nitrogens with zero attached hydrogens (tertiary/aromatic N) is 4. The fraction of sp³-hybridized carbons (Fsp3) is 0.706. The number of urea groups is 1. The third-order valence-electron chi connectivity index (χ3n) is 5.12. The minimum Gasteiger partial charge on any atom is -0.355 e. The molecule has 1 atom stereocenters. The molecule has 1 N–H and O–H groups in total. The van der Waals surface area contributed by atoms with Gasteiger partial charge in [0.25, 0.3) is 0 Å². The first-order valence-electron chi connectivity index (χ1n) is 8.69. The molecule has 0 aromatic carbocycles. The fourth-order valence-electron chi connectivity index (χ4n) is 3.40. The average molecular weight is 333 g/mol. The monoisotopic (exact) mass is 333 g/mol. The summed E-state index contributed by atoms with van der Waals surface area (Å²) in [6.07, 6.45) is 9.60. The summed E-state index contributed by atoms with van der Waals surface area (Å²) in [5, 5.41) is 3.13. The second-order valence-corrected chi connectivity index (χ2v) is 7.41. The molecule has 2 heterocycles. The van der Waals surface area contributed by atoms with E-state index in [1.807, 2.05) is 12.5 Å². The molecule has 1 aliphatic heterocycles. The first kappa shape index (κ1) is 16.8. The summed E-state index contributed by atoms with van der Waals surface area (Å²) in [4.78, 5) is 32.0. The van der Waals surface area contributed by atoms with E-state index in [1.54, 1.807) is 30.1 Å². The van der Waals surface area contributed by atoms with Crippen molar-refractivity contribution in [1.29, 1.82) is 0 Å². The van der Waals surface area contributed by atoms with Gasteiger partial charge in [0, 0.05) is 58.1 Å². The normalized spacial score (nSPS) is 22.1. The molecule has 1 saturated carbocycles. The standard InChI is InChI=1S/C17H27N5O2/c1-20(2)16(24)22-8-3-4-14(10-22)15(23)19-11-17(5-6-17)12-21-9-7-18-13-21/h7,9,13-14H,3-6,8,10-12H2,1-2H3,(H,19,23). The number of nitrogens with one attached hydrogen (secondary N) is 1. The summed E-state index contributed by atoms with van der Waals surface area (Å²) >= 11 is 0. The Morgan fingerprint density at radius 3 is 2.79 bits per heavy atom. The molecule has 1 unspecified atom stereocenters. The number of rotatable bonds is 5. The molecule has 2 aliphatic rings. The number of carbonyl (C=O) groups excluding carboxylic acids is 2. The lowest BCUT2D eigenvalue weighted by Crippen LogP contribution is -2.49. The highest BCUT2D eigenvalue weighted by Gasteiger charge is 2.43. The molecule has 3 rings (SSSR count). The number of aromatic nitrogens is 2. The third kappa shape index (κ3) is 3.88. The van der Waals surface area contributed by atoms with E-state index in [2.05, 4.69) is 14.9 Å². The molecule has 7 nitrogen and oxygen atoms in total. The van der Waals surface area contributed by atoms with Crippen LogP contribution in [0.2, 0.25) is 0 Å². The third-order valence-corrected chi connectivity index (χ3v) is 5.12. The highest BCUT2D eigenvalue weighted by Crippen LogP contribution is 2.46. The van der Waals surface area contributed by atoms with Crippen molar-refractivity contribution in [1.82, 2.24) is 24.7 Å². The van der Waals surface area contributed by atoms with Gasteiger partial charge in [0.15, 0.2) is 0 Å². The van der Waals surface area contributed by atoms with E-state index in [9.17, 15) is 9.59 Å². The van der Waals surface area contributed by atoms with Gasteiger partial charge in [-0.1, -0.05) is 0 Å². The number of hydrogen-bond donors (Lipinski definition) is 1. The second kappa shape index (κ2) is 6.83. The van der Waals surface area contributed by atoms with Gasteiger partial charge in [0.05, 0.1) is 12.2 Å². The fourth-order valence-corrected chi connectivity index (χ4v) is 3.40. The summed E-state index contributed by atoms with van der Waals surface area (Å²) in [7, 11) is 3.50. The van der Waals surface area contributed by atoms with Crippen LogP contribution in [0.5, 0.6) is 0 Å². The zero-order valence-electron chi connectivity index (χ0n) is 14.6. The summed E-state index contributed by atoms with van der Waals surface area (Å²) in [6, 6.07) is -0.00808. The number of imidazole rings is 1. The number of amides is 3. The van der Waals surface area contributed by atoms with Crippen molar-refractivity contribution in [3.05, 3.63) is 18.7 Å². The van der Waals surface area contributed by atoms with Gasteiger partial charge in [-0.05, 0) is 25.7 Å². The summed E-state index contributed by atoms with van der Waals surface area (Å²) in [5.74, 6) is -0.00476. The zero-order valence-corrected chi connectivity index (χ0v) is 14.6. The van der Waals surface area contributed by atoms with Crippen molar-refractivity contribution in [3.8, 4) is 0 Å². The highest BCUT2D eigenvalue weighted by molar-refractivity contribution is 5.80. The zero-order chi connectivity index (χ0) is 17.2. The molecule has 1 saturated heterocycles. The number of hydrogen-bond acceptors (Lipinski definition) is 3. The Hall–Kier alpha value is -2.05. The van der Waals surface area contributed by atoms with Crippen molar-refractivity contribution in [2.75, 3.05) is 33.7 Å². The van der Waals surface area contributed by atoms with E-state index >= 15 is 0 Å². The van der Waals surface area contributed by atoms with Crippen LogP contribution >= 0.6 is 0 Å². The maximum absolute atomic E-state index is 12.5. The van der Waals surface area contributed by atoms with Crippen molar-refractivity contribution in [3.63, 3.8) is 0 Å². The molecule has 0 bridgehead atoms. The summed E-state index contributed by atoms with van der Waals surface area (Å²) in [6.45, 7) is 2.88. The molecular weight excluding hydrogens is 306 g/mol. The maximum Gasteiger partial charge on any atom is 0.319 e.